The first-order chi connectivity index (χ1) is 13.6. The zero-order valence-electron chi connectivity index (χ0n) is 18.1. The molecule has 7 nitrogen and oxygen atoms in total. The number of hydrogen-bond donors (Lipinski definition) is 0. The number of likely N-dealkylation sites (tertiary alicyclic amines) is 2. The zero-order valence-corrected chi connectivity index (χ0v) is 18.1. The Hall–Kier alpha value is -0.890. The maximum Gasteiger partial charge on any atom is 0.320 e. The SMILES string of the molecule is CN1CCC(N2CCN(C(=O)N3CCN(C4CCN(C)CC4)CC3)CC2)CC1. The van der Waals surface area contributed by atoms with E-state index in [2.05, 4.69) is 43.5 Å². The summed E-state index contributed by atoms with van der Waals surface area (Å²) >= 11 is 0. The van der Waals surface area contributed by atoms with Crippen molar-refractivity contribution in [1.82, 2.24) is 29.4 Å². The van der Waals surface area contributed by atoms with Crippen molar-refractivity contribution < 1.29 is 4.79 Å². The molecule has 4 rings (SSSR count). The van der Waals surface area contributed by atoms with Gasteiger partial charge < -0.3 is 19.6 Å². The van der Waals surface area contributed by atoms with E-state index in [1.807, 2.05) is 0 Å². The summed E-state index contributed by atoms with van der Waals surface area (Å²) in [4.78, 5) is 27.4. The molecule has 160 valence electrons. The van der Waals surface area contributed by atoms with Crippen molar-refractivity contribution in [3.05, 3.63) is 0 Å². The summed E-state index contributed by atoms with van der Waals surface area (Å²) in [5.74, 6) is 0. The van der Waals surface area contributed by atoms with E-state index in [-0.39, 0.29) is 6.03 Å². The number of carbonyl (C=O) groups excluding carboxylic acids is 1. The highest BCUT2D eigenvalue weighted by Crippen LogP contribution is 2.20. The largest absolute Gasteiger partial charge is 0.322 e. The summed E-state index contributed by atoms with van der Waals surface area (Å²) < 4.78 is 0. The second-order valence-electron chi connectivity index (χ2n) is 9.40. The van der Waals surface area contributed by atoms with Gasteiger partial charge in [-0.1, -0.05) is 0 Å². The van der Waals surface area contributed by atoms with Crippen molar-refractivity contribution in [2.45, 2.75) is 37.8 Å². The summed E-state index contributed by atoms with van der Waals surface area (Å²) in [6.07, 6.45) is 5.12. The molecular formula is C21H40N6O. The third kappa shape index (κ3) is 4.81. The lowest BCUT2D eigenvalue weighted by molar-refractivity contribution is 0.0469. The van der Waals surface area contributed by atoms with Gasteiger partial charge in [-0.3, -0.25) is 9.80 Å². The van der Waals surface area contributed by atoms with Gasteiger partial charge in [-0.25, -0.2) is 4.79 Å². The Bertz CT molecular complexity index is 455. The molecule has 0 spiro atoms. The van der Waals surface area contributed by atoms with E-state index in [1.54, 1.807) is 0 Å². The van der Waals surface area contributed by atoms with E-state index in [1.165, 1.54) is 51.9 Å². The average Bonchev–Trinajstić information content (AvgIpc) is 2.75. The van der Waals surface area contributed by atoms with Gasteiger partial charge in [-0.15, -0.1) is 0 Å². The second-order valence-corrected chi connectivity index (χ2v) is 9.40. The number of hydrogen-bond acceptors (Lipinski definition) is 5. The monoisotopic (exact) mass is 392 g/mol. The number of amides is 2. The van der Waals surface area contributed by atoms with E-state index in [0.29, 0.717) is 0 Å². The lowest BCUT2D eigenvalue weighted by atomic mass is 10.0. The number of piperazine rings is 2. The number of urea groups is 1. The van der Waals surface area contributed by atoms with Crippen LogP contribution in [0.15, 0.2) is 0 Å². The van der Waals surface area contributed by atoms with E-state index >= 15 is 0 Å². The van der Waals surface area contributed by atoms with Crippen molar-refractivity contribution in [2.75, 3.05) is 92.6 Å². The fourth-order valence-electron chi connectivity index (χ4n) is 5.48. The van der Waals surface area contributed by atoms with Crippen molar-refractivity contribution in [3.63, 3.8) is 0 Å². The molecule has 0 saturated carbocycles. The van der Waals surface area contributed by atoms with Crippen LogP contribution < -0.4 is 0 Å². The standard InChI is InChI=1S/C21H40N6O/c1-22-7-3-19(4-8-22)24-11-15-26(16-12-24)21(28)27-17-13-25(14-18-27)20-5-9-23(2)10-6-20/h19-20H,3-18H2,1-2H3. The third-order valence-corrected chi connectivity index (χ3v) is 7.58. The highest BCUT2D eigenvalue weighted by atomic mass is 16.2. The Morgan fingerprint density at radius 1 is 0.536 bits per heavy atom. The number of rotatable bonds is 2. The topological polar surface area (TPSA) is 36.5 Å². The van der Waals surface area contributed by atoms with Gasteiger partial charge in [-0.2, -0.15) is 0 Å². The molecule has 0 radical (unpaired) electrons. The summed E-state index contributed by atoms with van der Waals surface area (Å²) in [7, 11) is 4.44. The first-order valence-corrected chi connectivity index (χ1v) is 11.5. The van der Waals surface area contributed by atoms with Crippen LogP contribution in [-0.2, 0) is 0 Å². The predicted molar refractivity (Wildman–Crippen MR) is 113 cm³/mol. The Balaban J connectivity index is 1.19. The van der Waals surface area contributed by atoms with Crippen LogP contribution in [0.1, 0.15) is 25.7 Å². The van der Waals surface area contributed by atoms with Crippen LogP contribution in [0.25, 0.3) is 0 Å². The molecule has 0 atom stereocenters. The molecule has 0 bridgehead atoms. The van der Waals surface area contributed by atoms with E-state index in [0.717, 1.165) is 64.4 Å². The molecule has 0 aromatic heterocycles. The maximum absolute atomic E-state index is 13.0. The van der Waals surface area contributed by atoms with E-state index in [9.17, 15) is 4.79 Å². The van der Waals surface area contributed by atoms with Gasteiger partial charge in [0.2, 0.25) is 0 Å². The highest BCUT2D eigenvalue weighted by molar-refractivity contribution is 5.74. The fraction of sp³-hybridized carbons (Fsp3) is 0.952. The lowest BCUT2D eigenvalue weighted by Gasteiger charge is -2.45. The first-order valence-electron chi connectivity index (χ1n) is 11.5. The van der Waals surface area contributed by atoms with Crippen LogP contribution in [0, 0.1) is 0 Å². The average molecular weight is 393 g/mol. The van der Waals surface area contributed by atoms with Crippen molar-refractivity contribution in [3.8, 4) is 0 Å². The Labute approximate surface area is 171 Å². The molecule has 0 N–H and O–H groups in total. The molecule has 4 aliphatic rings. The minimum absolute atomic E-state index is 0.283. The van der Waals surface area contributed by atoms with Gasteiger partial charge in [-0.05, 0) is 66.0 Å². The van der Waals surface area contributed by atoms with Gasteiger partial charge >= 0.3 is 6.03 Å². The minimum atomic E-state index is 0.283. The smallest absolute Gasteiger partial charge is 0.320 e. The molecule has 7 heteroatoms. The Morgan fingerprint density at radius 2 is 0.857 bits per heavy atom. The van der Waals surface area contributed by atoms with Gasteiger partial charge in [0, 0.05) is 64.4 Å². The van der Waals surface area contributed by atoms with Crippen LogP contribution in [0.2, 0.25) is 0 Å². The quantitative estimate of drug-likeness (QED) is 0.685. The van der Waals surface area contributed by atoms with Crippen molar-refractivity contribution in [2.24, 2.45) is 0 Å². The van der Waals surface area contributed by atoms with Crippen LogP contribution in [-0.4, -0.2) is 140 Å². The van der Waals surface area contributed by atoms with Gasteiger partial charge in [0.15, 0.2) is 0 Å². The van der Waals surface area contributed by atoms with Crippen LogP contribution in [0.5, 0.6) is 0 Å². The normalized spacial score (nSPS) is 28.8. The lowest BCUT2D eigenvalue weighted by Crippen LogP contribution is -2.59. The summed E-state index contributed by atoms with van der Waals surface area (Å²) in [5, 5.41) is 0. The summed E-state index contributed by atoms with van der Waals surface area (Å²) in [5.41, 5.74) is 0. The Kier molecular flexibility index (Phi) is 6.76. The molecule has 0 aromatic carbocycles. The first kappa shape index (κ1) is 20.4. The molecule has 0 aromatic rings. The molecule has 0 aliphatic carbocycles. The maximum atomic E-state index is 13.0. The zero-order chi connectivity index (χ0) is 19.5. The van der Waals surface area contributed by atoms with Crippen LogP contribution in [0.4, 0.5) is 4.79 Å². The van der Waals surface area contributed by atoms with E-state index < -0.39 is 0 Å². The molecule has 28 heavy (non-hydrogen) atoms. The summed E-state index contributed by atoms with van der Waals surface area (Å²) in [6.45, 7) is 12.7. The molecule has 4 saturated heterocycles. The highest BCUT2D eigenvalue weighted by Gasteiger charge is 2.32. The molecule has 4 aliphatic heterocycles. The van der Waals surface area contributed by atoms with Gasteiger partial charge in [0.05, 0.1) is 0 Å². The number of piperidine rings is 2. The third-order valence-electron chi connectivity index (χ3n) is 7.58. The van der Waals surface area contributed by atoms with Crippen molar-refractivity contribution >= 4 is 6.03 Å². The fourth-order valence-corrected chi connectivity index (χ4v) is 5.48. The predicted octanol–water partition coefficient (Wildman–Crippen LogP) is 0.530. The molecule has 4 heterocycles. The molecule has 4 fully saturated rings. The van der Waals surface area contributed by atoms with Crippen molar-refractivity contribution in [1.29, 1.82) is 0 Å². The molecule has 2 amide bonds. The number of nitrogens with zero attached hydrogens (tertiary/aromatic N) is 6. The minimum Gasteiger partial charge on any atom is -0.322 e. The van der Waals surface area contributed by atoms with E-state index in [4.69, 9.17) is 0 Å². The molecular weight excluding hydrogens is 352 g/mol. The second kappa shape index (κ2) is 9.28. The van der Waals surface area contributed by atoms with Crippen LogP contribution in [0.3, 0.4) is 0 Å². The van der Waals surface area contributed by atoms with Gasteiger partial charge in [0.25, 0.3) is 0 Å². The number of carbonyl (C=O) groups is 1. The van der Waals surface area contributed by atoms with Crippen LogP contribution >= 0.6 is 0 Å². The van der Waals surface area contributed by atoms with Gasteiger partial charge in [0.1, 0.15) is 0 Å². The summed E-state index contributed by atoms with van der Waals surface area (Å²) in [6, 6.07) is 1.74. The Morgan fingerprint density at radius 3 is 1.18 bits per heavy atom. The molecule has 0 unspecified atom stereocenters.